The molecule has 4 nitrogen and oxygen atoms in total. The van der Waals surface area contributed by atoms with Gasteiger partial charge in [-0.3, -0.25) is 9.69 Å². The van der Waals surface area contributed by atoms with Gasteiger partial charge in [0.05, 0.1) is 0 Å². The Morgan fingerprint density at radius 3 is 2.80 bits per heavy atom. The summed E-state index contributed by atoms with van der Waals surface area (Å²) in [5.74, 6) is -0.728. The minimum Gasteiger partial charge on any atom is -0.480 e. The first-order chi connectivity index (χ1) is 6.12. The van der Waals surface area contributed by atoms with Crippen LogP contribution in [0, 0.1) is 0 Å². The number of carbonyl (C=O) groups is 1. The average molecular weight is 257 g/mol. The molecule has 2 aliphatic heterocycles. The second kappa shape index (κ2) is 5.34. The third kappa shape index (κ3) is 2.75. The molecular weight excluding hydrogens is 239 g/mol. The fraction of sp³-hybridized carbons (Fsp3) is 0.889. The molecule has 2 heterocycles. The van der Waals surface area contributed by atoms with Gasteiger partial charge >= 0.3 is 5.97 Å². The minimum atomic E-state index is -0.728. The van der Waals surface area contributed by atoms with Crippen LogP contribution in [0.15, 0.2) is 0 Å². The fourth-order valence-corrected chi connectivity index (χ4v) is 2.38. The van der Waals surface area contributed by atoms with Gasteiger partial charge in [-0.25, -0.2) is 0 Å². The van der Waals surface area contributed by atoms with E-state index in [2.05, 4.69) is 17.1 Å². The van der Waals surface area contributed by atoms with Crippen molar-refractivity contribution in [1.82, 2.24) is 10.2 Å². The van der Waals surface area contributed by atoms with E-state index in [1.54, 1.807) is 0 Å². The van der Waals surface area contributed by atoms with Crippen molar-refractivity contribution in [2.45, 2.75) is 31.3 Å². The fourth-order valence-electron chi connectivity index (χ4n) is 2.38. The first kappa shape index (κ1) is 15.0. The van der Waals surface area contributed by atoms with Crippen molar-refractivity contribution in [2.75, 3.05) is 19.6 Å². The topological polar surface area (TPSA) is 52.6 Å². The number of nitrogens with one attached hydrogen (secondary N) is 1. The van der Waals surface area contributed by atoms with E-state index in [0.29, 0.717) is 6.54 Å². The van der Waals surface area contributed by atoms with Gasteiger partial charge in [-0.05, 0) is 26.3 Å². The van der Waals surface area contributed by atoms with Gasteiger partial charge in [0.1, 0.15) is 6.04 Å². The molecule has 2 fully saturated rings. The molecule has 15 heavy (non-hydrogen) atoms. The molecule has 0 unspecified atom stereocenters. The number of carboxylic acids is 1. The first-order valence-electron chi connectivity index (χ1n) is 4.83. The molecular formula is C9H18Cl2N2O2. The van der Waals surface area contributed by atoms with Gasteiger partial charge in [-0.2, -0.15) is 0 Å². The molecule has 0 spiro atoms. The zero-order valence-electron chi connectivity index (χ0n) is 8.73. The Balaban J connectivity index is 0.000000980. The van der Waals surface area contributed by atoms with Crippen molar-refractivity contribution >= 4 is 30.8 Å². The Morgan fingerprint density at radius 2 is 2.20 bits per heavy atom. The third-order valence-electron chi connectivity index (χ3n) is 3.34. The SMILES string of the molecule is C[C@]12CCCN1C[C@@H](C(=O)O)NC2.Cl.Cl. The van der Waals surface area contributed by atoms with Crippen LogP contribution in [0.5, 0.6) is 0 Å². The van der Waals surface area contributed by atoms with Crippen molar-refractivity contribution in [3.8, 4) is 0 Å². The van der Waals surface area contributed by atoms with Crippen LogP contribution in [0.3, 0.4) is 0 Å². The second-order valence-corrected chi connectivity index (χ2v) is 4.32. The number of halogens is 2. The maximum atomic E-state index is 10.8. The largest absolute Gasteiger partial charge is 0.480 e. The van der Waals surface area contributed by atoms with Crippen LogP contribution in [-0.4, -0.2) is 47.2 Å². The van der Waals surface area contributed by atoms with Crippen molar-refractivity contribution < 1.29 is 9.90 Å². The highest BCUT2D eigenvalue weighted by Gasteiger charge is 2.42. The van der Waals surface area contributed by atoms with Crippen LogP contribution in [0.25, 0.3) is 0 Å². The molecule has 2 N–H and O–H groups in total. The van der Waals surface area contributed by atoms with Crippen molar-refractivity contribution in [3.05, 3.63) is 0 Å². The average Bonchev–Trinajstić information content (AvgIpc) is 2.44. The molecule has 0 amide bonds. The molecule has 0 aliphatic carbocycles. The van der Waals surface area contributed by atoms with Gasteiger partial charge in [0.15, 0.2) is 0 Å². The minimum absolute atomic E-state index is 0. The van der Waals surface area contributed by atoms with Gasteiger partial charge in [0.25, 0.3) is 0 Å². The third-order valence-corrected chi connectivity index (χ3v) is 3.34. The number of rotatable bonds is 1. The number of fused-ring (bicyclic) bond motifs is 1. The summed E-state index contributed by atoms with van der Waals surface area (Å²) in [7, 11) is 0. The maximum Gasteiger partial charge on any atom is 0.322 e. The van der Waals surface area contributed by atoms with Crippen LogP contribution in [-0.2, 0) is 4.79 Å². The summed E-state index contributed by atoms with van der Waals surface area (Å²) in [6.07, 6.45) is 2.39. The second-order valence-electron chi connectivity index (χ2n) is 4.32. The number of nitrogens with zero attached hydrogens (tertiary/aromatic N) is 1. The Hall–Kier alpha value is -0.0300. The lowest BCUT2D eigenvalue weighted by molar-refractivity contribution is -0.141. The van der Waals surface area contributed by atoms with Gasteiger partial charge in [-0.1, -0.05) is 0 Å². The van der Waals surface area contributed by atoms with Crippen molar-refractivity contribution in [1.29, 1.82) is 0 Å². The summed E-state index contributed by atoms with van der Waals surface area (Å²) in [6.45, 7) is 4.74. The van der Waals surface area contributed by atoms with Gasteiger partial charge < -0.3 is 10.4 Å². The van der Waals surface area contributed by atoms with Crippen LogP contribution in [0.4, 0.5) is 0 Å². The molecule has 2 atom stereocenters. The highest BCUT2D eigenvalue weighted by Crippen LogP contribution is 2.30. The summed E-state index contributed by atoms with van der Waals surface area (Å²) >= 11 is 0. The summed E-state index contributed by atoms with van der Waals surface area (Å²) in [5, 5.41) is 11.9. The van der Waals surface area contributed by atoms with Gasteiger partial charge in [0, 0.05) is 18.6 Å². The van der Waals surface area contributed by atoms with E-state index in [9.17, 15) is 4.79 Å². The van der Waals surface area contributed by atoms with Crippen molar-refractivity contribution in [2.24, 2.45) is 0 Å². The zero-order chi connectivity index (χ0) is 9.47. The molecule has 0 aromatic carbocycles. The molecule has 0 aromatic rings. The molecule has 0 aromatic heterocycles. The molecule has 0 bridgehead atoms. The van der Waals surface area contributed by atoms with E-state index in [1.165, 1.54) is 12.8 Å². The lowest BCUT2D eigenvalue weighted by Crippen LogP contribution is -2.62. The predicted octanol–water partition coefficient (Wildman–Crippen LogP) is 0.741. The highest BCUT2D eigenvalue weighted by molar-refractivity contribution is 5.85. The van der Waals surface area contributed by atoms with E-state index in [4.69, 9.17) is 5.11 Å². The maximum absolute atomic E-state index is 10.8. The van der Waals surface area contributed by atoms with Gasteiger partial charge in [0.2, 0.25) is 0 Å². The molecule has 2 aliphatic rings. The van der Waals surface area contributed by atoms with E-state index in [-0.39, 0.29) is 36.4 Å². The summed E-state index contributed by atoms with van der Waals surface area (Å²) in [4.78, 5) is 13.1. The predicted molar refractivity (Wildman–Crippen MR) is 63.1 cm³/mol. The van der Waals surface area contributed by atoms with Crippen LogP contribution in [0.1, 0.15) is 19.8 Å². The Kier molecular flexibility index (Phi) is 5.33. The Bertz CT molecular complexity index is 240. The van der Waals surface area contributed by atoms with E-state index in [0.717, 1.165) is 13.1 Å². The molecule has 0 radical (unpaired) electrons. The number of carboxylic acid groups (broad SMARTS) is 1. The summed E-state index contributed by atoms with van der Waals surface area (Å²) in [5.41, 5.74) is 0.214. The highest BCUT2D eigenvalue weighted by atomic mass is 35.5. The number of hydrogen-bond acceptors (Lipinski definition) is 3. The number of hydrogen-bond donors (Lipinski definition) is 2. The quantitative estimate of drug-likeness (QED) is 0.727. The zero-order valence-corrected chi connectivity index (χ0v) is 10.4. The van der Waals surface area contributed by atoms with E-state index >= 15 is 0 Å². The molecule has 2 rings (SSSR count). The molecule has 90 valence electrons. The smallest absolute Gasteiger partial charge is 0.322 e. The standard InChI is InChI=1S/C9H16N2O2.2ClH/c1-9-3-2-4-11(9)5-7(8(12)13)10-6-9;;/h7,10H,2-6H2,1H3,(H,12,13);2*1H/t7-,9+;;/m0../s1. The lowest BCUT2D eigenvalue weighted by Gasteiger charge is -2.42. The summed E-state index contributed by atoms with van der Waals surface area (Å²) in [6, 6.07) is -0.369. The summed E-state index contributed by atoms with van der Waals surface area (Å²) < 4.78 is 0. The van der Waals surface area contributed by atoms with E-state index < -0.39 is 5.97 Å². The Labute approximate surface area is 102 Å². The lowest BCUT2D eigenvalue weighted by atomic mass is 9.95. The van der Waals surface area contributed by atoms with Crippen LogP contribution < -0.4 is 5.32 Å². The first-order valence-corrected chi connectivity index (χ1v) is 4.83. The normalized spacial score (nSPS) is 34.9. The molecule has 0 saturated carbocycles. The van der Waals surface area contributed by atoms with Crippen molar-refractivity contribution in [3.63, 3.8) is 0 Å². The van der Waals surface area contributed by atoms with Gasteiger partial charge in [-0.15, -0.1) is 24.8 Å². The number of piperazine rings is 1. The number of aliphatic carboxylic acids is 1. The Morgan fingerprint density at radius 1 is 1.53 bits per heavy atom. The van der Waals surface area contributed by atoms with Crippen LogP contribution >= 0.6 is 24.8 Å². The molecule has 2 saturated heterocycles. The monoisotopic (exact) mass is 256 g/mol. The van der Waals surface area contributed by atoms with Crippen LogP contribution in [0.2, 0.25) is 0 Å². The van der Waals surface area contributed by atoms with E-state index in [1.807, 2.05) is 0 Å². The molecule has 6 heteroatoms.